The smallest absolute Gasteiger partial charge is 0.0917 e. The first-order valence-corrected chi connectivity index (χ1v) is 12.3. The average Bonchev–Trinajstić information content (AvgIpc) is 2.37. The van der Waals surface area contributed by atoms with Crippen LogP contribution in [0.5, 0.6) is 0 Å². The first kappa shape index (κ1) is 14.7. The molecule has 0 radical (unpaired) electrons. The van der Waals surface area contributed by atoms with Crippen molar-refractivity contribution in [2.75, 3.05) is 0 Å². The van der Waals surface area contributed by atoms with Gasteiger partial charge in [-0.25, -0.2) is 0 Å². The van der Waals surface area contributed by atoms with Gasteiger partial charge in [0.05, 0.1) is 13.7 Å². The van der Waals surface area contributed by atoms with Crippen molar-refractivity contribution >= 4 is 25.0 Å². The molecular formula is C17H26OSSi. The average molecular weight is 307 g/mol. The lowest BCUT2D eigenvalue weighted by molar-refractivity contribution is 0.00820. The van der Waals surface area contributed by atoms with Gasteiger partial charge in [-0.1, -0.05) is 55.5 Å². The summed E-state index contributed by atoms with van der Waals surface area (Å²) in [6.07, 6.45) is 5.83. The topological polar surface area (TPSA) is 20.2 Å². The normalized spacial score (nSPS) is 34.0. The number of thioether (sulfide) groups is 1. The Morgan fingerprint density at radius 2 is 1.80 bits per heavy atom. The van der Waals surface area contributed by atoms with Crippen LogP contribution in [0.15, 0.2) is 24.3 Å². The minimum absolute atomic E-state index is 0.573. The predicted molar refractivity (Wildman–Crippen MR) is 91.6 cm³/mol. The maximum absolute atomic E-state index is 11.2. The molecule has 1 aromatic rings. The Hall–Kier alpha value is -0.253. The SMILES string of the molecule is C[Si](C)(C)c1cccc(C2(O)CC3CCCC(C2)S3)c1. The van der Waals surface area contributed by atoms with Gasteiger partial charge in [0.15, 0.2) is 0 Å². The Morgan fingerprint density at radius 1 is 1.15 bits per heavy atom. The van der Waals surface area contributed by atoms with Gasteiger partial charge in [-0.15, -0.1) is 0 Å². The molecular weight excluding hydrogens is 280 g/mol. The van der Waals surface area contributed by atoms with Gasteiger partial charge in [-0.3, -0.25) is 0 Å². The van der Waals surface area contributed by atoms with E-state index in [9.17, 15) is 5.11 Å². The molecule has 2 atom stereocenters. The summed E-state index contributed by atoms with van der Waals surface area (Å²) in [5, 5.41) is 14.0. The zero-order valence-electron chi connectivity index (χ0n) is 12.9. The highest BCUT2D eigenvalue weighted by molar-refractivity contribution is 8.00. The van der Waals surface area contributed by atoms with Crippen molar-refractivity contribution in [3.05, 3.63) is 29.8 Å². The van der Waals surface area contributed by atoms with E-state index < -0.39 is 13.7 Å². The largest absolute Gasteiger partial charge is 0.385 e. The third-order valence-corrected chi connectivity index (χ3v) is 8.45. The van der Waals surface area contributed by atoms with Crippen LogP contribution in [0.25, 0.3) is 0 Å². The molecule has 0 spiro atoms. The first-order chi connectivity index (χ1) is 9.37. The lowest BCUT2D eigenvalue weighted by Gasteiger charge is -2.44. The van der Waals surface area contributed by atoms with E-state index >= 15 is 0 Å². The van der Waals surface area contributed by atoms with Crippen molar-refractivity contribution < 1.29 is 5.11 Å². The molecule has 2 saturated heterocycles. The first-order valence-electron chi connectivity index (χ1n) is 7.86. The second kappa shape index (κ2) is 5.18. The van der Waals surface area contributed by atoms with Crippen LogP contribution in [0.3, 0.4) is 0 Å². The number of hydrogen-bond acceptors (Lipinski definition) is 2. The summed E-state index contributed by atoms with van der Waals surface area (Å²) >= 11 is 2.13. The Kier molecular flexibility index (Phi) is 3.80. The van der Waals surface area contributed by atoms with Gasteiger partial charge in [0, 0.05) is 10.5 Å². The molecule has 0 aromatic heterocycles. The van der Waals surface area contributed by atoms with Crippen molar-refractivity contribution in [3.8, 4) is 0 Å². The second-order valence-corrected chi connectivity index (χ2v) is 14.3. The zero-order chi connectivity index (χ0) is 14.4. The van der Waals surface area contributed by atoms with Crippen LogP contribution in [-0.2, 0) is 5.60 Å². The molecule has 0 aliphatic carbocycles. The lowest BCUT2D eigenvalue weighted by Crippen LogP contribution is -2.43. The summed E-state index contributed by atoms with van der Waals surface area (Å²) in [6.45, 7) is 7.13. The van der Waals surface area contributed by atoms with E-state index in [-0.39, 0.29) is 0 Å². The molecule has 3 rings (SSSR count). The van der Waals surface area contributed by atoms with E-state index in [4.69, 9.17) is 0 Å². The molecule has 1 aromatic carbocycles. The molecule has 1 N–H and O–H groups in total. The number of benzene rings is 1. The molecule has 2 heterocycles. The molecule has 0 amide bonds. The summed E-state index contributed by atoms with van der Waals surface area (Å²) in [4.78, 5) is 0. The van der Waals surface area contributed by atoms with E-state index in [0.717, 1.165) is 12.8 Å². The molecule has 2 aliphatic heterocycles. The third-order valence-electron chi connectivity index (χ3n) is 4.83. The van der Waals surface area contributed by atoms with Crippen molar-refractivity contribution in [2.45, 2.75) is 67.8 Å². The molecule has 2 aliphatic rings. The van der Waals surface area contributed by atoms with Gasteiger partial charge in [0.2, 0.25) is 0 Å². The Bertz CT molecular complexity index is 482. The number of fused-ring (bicyclic) bond motifs is 2. The van der Waals surface area contributed by atoms with Gasteiger partial charge < -0.3 is 5.11 Å². The summed E-state index contributed by atoms with van der Waals surface area (Å²) in [7, 11) is -1.31. The van der Waals surface area contributed by atoms with E-state index in [0.29, 0.717) is 10.5 Å². The van der Waals surface area contributed by atoms with Gasteiger partial charge >= 0.3 is 0 Å². The van der Waals surface area contributed by atoms with E-state index in [1.165, 1.54) is 30.0 Å². The monoisotopic (exact) mass is 306 g/mol. The minimum Gasteiger partial charge on any atom is -0.385 e. The fraction of sp³-hybridized carbons (Fsp3) is 0.647. The summed E-state index contributed by atoms with van der Waals surface area (Å²) in [5.74, 6) is 0. The second-order valence-electron chi connectivity index (χ2n) is 7.58. The van der Waals surface area contributed by atoms with Crippen LogP contribution in [0.2, 0.25) is 19.6 Å². The van der Waals surface area contributed by atoms with Crippen molar-refractivity contribution in [1.82, 2.24) is 0 Å². The highest BCUT2D eigenvalue weighted by Gasteiger charge is 2.42. The highest BCUT2D eigenvalue weighted by Crippen LogP contribution is 2.49. The molecule has 1 nitrogen and oxygen atoms in total. The summed E-state index contributed by atoms with van der Waals surface area (Å²) in [6, 6.07) is 8.85. The van der Waals surface area contributed by atoms with Gasteiger partial charge in [-0.05, 0) is 31.2 Å². The third kappa shape index (κ3) is 2.86. The van der Waals surface area contributed by atoms with Gasteiger partial charge in [0.1, 0.15) is 0 Å². The van der Waals surface area contributed by atoms with Crippen LogP contribution in [0, 0.1) is 0 Å². The van der Waals surface area contributed by atoms with Crippen LogP contribution >= 0.6 is 11.8 Å². The molecule has 110 valence electrons. The Balaban J connectivity index is 1.91. The Morgan fingerprint density at radius 3 is 2.40 bits per heavy atom. The van der Waals surface area contributed by atoms with E-state index in [2.05, 4.69) is 55.7 Å². The number of rotatable bonds is 2. The molecule has 20 heavy (non-hydrogen) atoms. The highest BCUT2D eigenvalue weighted by atomic mass is 32.2. The van der Waals surface area contributed by atoms with Crippen molar-refractivity contribution in [2.24, 2.45) is 0 Å². The standard InChI is InChI=1S/C17H26OSSi/c1-20(2,3)16-9-4-6-13(10-16)17(18)11-14-7-5-8-15(12-17)19-14/h4,6,9-10,14-15,18H,5,7-8,11-12H2,1-3H3. The van der Waals surface area contributed by atoms with Crippen LogP contribution in [-0.4, -0.2) is 23.7 Å². The molecule has 3 heteroatoms. The Labute approximate surface area is 128 Å². The van der Waals surface area contributed by atoms with Gasteiger partial charge in [-0.2, -0.15) is 11.8 Å². The van der Waals surface area contributed by atoms with Crippen molar-refractivity contribution in [3.63, 3.8) is 0 Å². The maximum Gasteiger partial charge on any atom is 0.0917 e. The lowest BCUT2D eigenvalue weighted by atomic mass is 9.80. The zero-order valence-corrected chi connectivity index (χ0v) is 14.7. The van der Waals surface area contributed by atoms with Crippen LogP contribution in [0.1, 0.15) is 37.7 Å². The van der Waals surface area contributed by atoms with E-state index in [1.807, 2.05) is 0 Å². The number of hydrogen-bond donors (Lipinski definition) is 1. The fourth-order valence-electron chi connectivity index (χ4n) is 3.63. The van der Waals surface area contributed by atoms with Crippen LogP contribution in [0.4, 0.5) is 0 Å². The molecule has 2 bridgehead atoms. The maximum atomic E-state index is 11.2. The van der Waals surface area contributed by atoms with E-state index in [1.54, 1.807) is 0 Å². The van der Waals surface area contributed by atoms with Crippen LogP contribution < -0.4 is 5.19 Å². The fourth-order valence-corrected chi connectivity index (χ4v) is 6.71. The quantitative estimate of drug-likeness (QED) is 0.837. The van der Waals surface area contributed by atoms with Crippen molar-refractivity contribution in [1.29, 1.82) is 0 Å². The predicted octanol–water partition coefficient (Wildman–Crippen LogP) is 3.87. The molecule has 2 unspecified atom stereocenters. The molecule has 2 fully saturated rings. The number of aliphatic hydroxyl groups is 1. The summed E-state index contributed by atoms with van der Waals surface area (Å²) < 4.78 is 0. The van der Waals surface area contributed by atoms with Gasteiger partial charge in [0.25, 0.3) is 0 Å². The summed E-state index contributed by atoms with van der Waals surface area (Å²) in [5.41, 5.74) is 0.603. The molecule has 0 saturated carbocycles. The minimum atomic E-state index is -1.31.